The van der Waals surface area contributed by atoms with Crippen molar-refractivity contribution in [2.75, 3.05) is 44.2 Å². The van der Waals surface area contributed by atoms with Gasteiger partial charge in [-0.15, -0.1) is 0 Å². The Labute approximate surface area is 205 Å². The summed E-state index contributed by atoms with van der Waals surface area (Å²) >= 11 is 3.60. The fourth-order valence-electron chi connectivity index (χ4n) is 4.77. The Morgan fingerprint density at radius 3 is 2.48 bits per heavy atom. The molecule has 172 valence electrons. The molecule has 5 rings (SSSR count). The Hall–Kier alpha value is -2.34. The van der Waals surface area contributed by atoms with Gasteiger partial charge in [0.25, 0.3) is 0 Å². The van der Waals surface area contributed by atoms with Gasteiger partial charge in [0, 0.05) is 42.9 Å². The van der Waals surface area contributed by atoms with Crippen LogP contribution >= 0.6 is 15.9 Å². The lowest BCUT2D eigenvalue weighted by Gasteiger charge is -2.37. The topological polar surface area (TPSA) is 24.9 Å². The molecule has 0 aliphatic carbocycles. The van der Waals surface area contributed by atoms with E-state index in [1.807, 2.05) is 18.2 Å². The molecule has 0 amide bonds. The van der Waals surface area contributed by atoms with E-state index in [2.05, 4.69) is 80.3 Å². The van der Waals surface area contributed by atoms with Gasteiger partial charge in [-0.05, 0) is 65.9 Å². The second-order valence-corrected chi connectivity index (χ2v) is 9.75. The molecular weight excluding hydrogens is 476 g/mol. The first kappa shape index (κ1) is 22.5. The third-order valence-electron chi connectivity index (χ3n) is 6.67. The fraction of sp³-hybridized carbons (Fsp3) is 0.357. The summed E-state index contributed by atoms with van der Waals surface area (Å²) in [5.74, 6) is 0.918. The minimum Gasteiger partial charge on any atom is -0.489 e. The molecule has 3 aromatic carbocycles. The zero-order chi connectivity index (χ0) is 22.5. The number of benzene rings is 3. The van der Waals surface area contributed by atoms with Crippen LogP contribution in [-0.2, 0) is 17.8 Å². The van der Waals surface area contributed by atoms with Gasteiger partial charge in [0.15, 0.2) is 0 Å². The van der Waals surface area contributed by atoms with Crippen molar-refractivity contribution >= 4 is 21.6 Å². The molecular formula is C28H31BrN2O2. The lowest BCUT2D eigenvalue weighted by atomic mass is 9.95. The van der Waals surface area contributed by atoms with E-state index in [-0.39, 0.29) is 6.10 Å². The Morgan fingerprint density at radius 1 is 0.909 bits per heavy atom. The van der Waals surface area contributed by atoms with Crippen molar-refractivity contribution in [2.45, 2.75) is 25.6 Å². The SMILES string of the molecule is Brc1ccc2c(c1)CCOC2CCN1CCN(c2ccc(OCc3ccccc3)cc2)CC1. The number of rotatable bonds is 7. The lowest BCUT2D eigenvalue weighted by molar-refractivity contribution is 0.0289. The standard InChI is InChI=1S/C28H31BrN2O2/c29-24-6-11-27-23(20-24)13-19-32-28(27)12-14-30-15-17-31(18-16-30)25-7-9-26(10-8-25)33-21-22-4-2-1-3-5-22/h1-11,20,28H,12-19,21H2. The number of nitrogens with zero attached hydrogens (tertiary/aromatic N) is 2. The Balaban J connectivity index is 1.08. The predicted octanol–water partition coefficient (Wildman–Crippen LogP) is 5.85. The third-order valence-corrected chi connectivity index (χ3v) is 7.17. The van der Waals surface area contributed by atoms with Crippen molar-refractivity contribution in [1.29, 1.82) is 0 Å². The zero-order valence-electron chi connectivity index (χ0n) is 19.0. The molecule has 1 atom stereocenters. The Bertz CT molecular complexity index is 1030. The summed E-state index contributed by atoms with van der Waals surface area (Å²) < 4.78 is 13.2. The fourth-order valence-corrected chi connectivity index (χ4v) is 5.18. The van der Waals surface area contributed by atoms with Crippen LogP contribution in [0.4, 0.5) is 5.69 Å². The maximum atomic E-state index is 6.12. The molecule has 0 bridgehead atoms. The van der Waals surface area contributed by atoms with Gasteiger partial charge in [0.05, 0.1) is 12.7 Å². The summed E-state index contributed by atoms with van der Waals surface area (Å²) in [6, 6.07) is 25.4. The summed E-state index contributed by atoms with van der Waals surface area (Å²) in [7, 11) is 0. The molecule has 1 unspecified atom stereocenters. The molecule has 4 nitrogen and oxygen atoms in total. The number of hydrogen-bond donors (Lipinski definition) is 0. The van der Waals surface area contributed by atoms with Crippen LogP contribution in [0.2, 0.25) is 0 Å². The van der Waals surface area contributed by atoms with Gasteiger partial charge in [-0.25, -0.2) is 0 Å². The van der Waals surface area contributed by atoms with E-state index in [0.717, 1.165) is 62.4 Å². The molecule has 2 aliphatic heterocycles. The van der Waals surface area contributed by atoms with E-state index in [1.54, 1.807) is 0 Å². The van der Waals surface area contributed by atoms with Gasteiger partial charge in [-0.1, -0.05) is 52.3 Å². The minimum absolute atomic E-state index is 0.225. The molecule has 2 aliphatic rings. The number of fused-ring (bicyclic) bond motifs is 1. The zero-order valence-corrected chi connectivity index (χ0v) is 20.5. The second kappa shape index (κ2) is 10.7. The van der Waals surface area contributed by atoms with E-state index >= 15 is 0 Å². The lowest BCUT2D eigenvalue weighted by Crippen LogP contribution is -2.46. The summed E-state index contributed by atoms with van der Waals surface area (Å²) in [6.07, 6.45) is 2.30. The van der Waals surface area contributed by atoms with Crippen LogP contribution in [-0.4, -0.2) is 44.2 Å². The van der Waals surface area contributed by atoms with Crippen LogP contribution in [0.1, 0.15) is 29.2 Å². The van der Waals surface area contributed by atoms with E-state index in [9.17, 15) is 0 Å². The second-order valence-electron chi connectivity index (χ2n) is 8.84. The van der Waals surface area contributed by atoms with Gasteiger partial charge < -0.3 is 14.4 Å². The van der Waals surface area contributed by atoms with Gasteiger partial charge >= 0.3 is 0 Å². The van der Waals surface area contributed by atoms with E-state index < -0.39 is 0 Å². The quantitative estimate of drug-likeness (QED) is 0.401. The molecule has 3 aromatic rings. The number of hydrogen-bond acceptors (Lipinski definition) is 4. The first-order chi connectivity index (χ1) is 16.2. The van der Waals surface area contributed by atoms with Crippen molar-refractivity contribution < 1.29 is 9.47 Å². The van der Waals surface area contributed by atoms with Crippen LogP contribution in [0.25, 0.3) is 0 Å². The van der Waals surface area contributed by atoms with Crippen LogP contribution in [0.5, 0.6) is 5.75 Å². The maximum absolute atomic E-state index is 6.12. The number of halogens is 1. The van der Waals surface area contributed by atoms with Crippen LogP contribution in [0.3, 0.4) is 0 Å². The van der Waals surface area contributed by atoms with E-state index in [4.69, 9.17) is 9.47 Å². The molecule has 2 heterocycles. The maximum Gasteiger partial charge on any atom is 0.119 e. The van der Waals surface area contributed by atoms with Gasteiger partial charge in [0.1, 0.15) is 12.4 Å². The average Bonchev–Trinajstić information content (AvgIpc) is 2.87. The summed E-state index contributed by atoms with van der Waals surface area (Å²) in [4.78, 5) is 5.05. The van der Waals surface area contributed by atoms with Crippen LogP contribution in [0, 0.1) is 0 Å². The van der Waals surface area contributed by atoms with Gasteiger partial charge in [-0.2, -0.15) is 0 Å². The van der Waals surface area contributed by atoms with Gasteiger partial charge in [-0.3, -0.25) is 4.90 Å². The highest BCUT2D eigenvalue weighted by molar-refractivity contribution is 9.10. The van der Waals surface area contributed by atoms with Crippen LogP contribution in [0.15, 0.2) is 77.3 Å². The molecule has 33 heavy (non-hydrogen) atoms. The molecule has 0 N–H and O–H groups in total. The number of piperazine rings is 1. The predicted molar refractivity (Wildman–Crippen MR) is 137 cm³/mol. The van der Waals surface area contributed by atoms with Crippen molar-refractivity contribution in [3.05, 3.63) is 94.0 Å². The highest BCUT2D eigenvalue weighted by Crippen LogP contribution is 2.32. The molecule has 1 fully saturated rings. The highest BCUT2D eigenvalue weighted by Gasteiger charge is 2.23. The molecule has 0 radical (unpaired) electrons. The molecule has 0 aromatic heterocycles. The van der Waals surface area contributed by atoms with Crippen LogP contribution < -0.4 is 9.64 Å². The summed E-state index contributed by atoms with van der Waals surface area (Å²) in [5, 5.41) is 0. The molecule has 1 saturated heterocycles. The number of ether oxygens (including phenoxy) is 2. The monoisotopic (exact) mass is 506 g/mol. The van der Waals surface area contributed by atoms with E-state index in [1.165, 1.54) is 22.4 Å². The van der Waals surface area contributed by atoms with Gasteiger partial charge in [0.2, 0.25) is 0 Å². The summed E-state index contributed by atoms with van der Waals surface area (Å²) in [5.41, 5.74) is 5.27. The first-order valence-corrected chi connectivity index (χ1v) is 12.7. The Morgan fingerprint density at radius 2 is 1.70 bits per heavy atom. The van der Waals surface area contributed by atoms with E-state index in [0.29, 0.717) is 6.61 Å². The smallest absolute Gasteiger partial charge is 0.119 e. The normalized spacial score (nSPS) is 18.7. The third kappa shape index (κ3) is 5.78. The average molecular weight is 507 g/mol. The molecule has 5 heteroatoms. The van der Waals surface area contributed by atoms with Crippen molar-refractivity contribution in [1.82, 2.24) is 4.90 Å². The summed E-state index contributed by atoms with van der Waals surface area (Å²) in [6.45, 7) is 6.80. The highest BCUT2D eigenvalue weighted by atomic mass is 79.9. The van der Waals surface area contributed by atoms with Crippen molar-refractivity contribution in [3.8, 4) is 5.75 Å². The van der Waals surface area contributed by atoms with Crippen molar-refractivity contribution in [3.63, 3.8) is 0 Å². The minimum atomic E-state index is 0.225. The van der Waals surface area contributed by atoms with Crippen molar-refractivity contribution in [2.24, 2.45) is 0 Å². The first-order valence-electron chi connectivity index (χ1n) is 11.9. The number of anilines is 1. The Kier molecular flexibility index (Phi) is 7.30. The molecule has 0 saturated carbocycles. The molecule has 0 spiro atoms. The largest absolute Gasteiger partial charge is 0.489 e.